The van der Waals surface area contributed by atoms with Gasteiger partial charge < -0.3 is 10.5 Å². The van der Waals surface area contributed by atoms with Gasteiger partial charge in [0.15, 0.2) is 0 Å². The highest BCUT2D eigenvalue weighted by atomic mass is 19.1. The van der Waals surface area contributed by atoms with Crippen molar-refractivity contribution in [2.24, 2.45) is 5.73 Å². The maximum absolute atomic E-state index is 12.9. The van der Waals surface area contributed by atoms with Crippen LogP contribution in [0.3, 0.4) is 0 Å². The first-order chi connectivity index (χ1) is 6.77. The fraction of sp³-hybridized carbons (Fsp3) is 0.455. The Kier molecular flexibility index (Phi) is 4.40. The second-order valence-corrected chi connectivity index (χ2v) is 3.20. The summed E-state index contributed by atoms with van der Waals surface area (Å²) in [5, 5.41) is 0. The smallest absolute Gasteiger partial charge is 0.123 e. The van der Waals surface area contributed by atoms with Gasteiger partial charge in [-0.3, -0.25) is 0 Å². The summed E-state index contributed by atoms with van der Waals surface area (Å²) in [5.74, 6) is 0.539. The van der Waals surface area contributed by atoms with E-state index in [1.807, 2.05) is 0 Å². The lowest BCUT2D eigenvalue weighted by Crippen LogP contribution is -2.00. The summed E-state index contributed by atoms with van der Waals surface area (Å²) in [7, 11) is 1.60. The molecule has 0 amide bonds. The lowest BCUT2D eigenvalue weighted by Gasteiger charge is -2.07. The Morgan fingerprint density at radius 3 is 2.79 bits per heavy atom. The lowest BCUT2D eigenvalue weighted by molar-refractivity contribution is 0.407. The highest BCUT2D eigenvalue weighted by molar-refractivity contribution is 5.33. The first-order valence-electron chi connectivity index (χ1n) is 4.80. The Morgan fingerprint density at radius 1 is 1.36 bits per heavy atom. The summed E-state index contributed by atoms with van der Waals surface area (Å²) in [6.07, 6.45) is 2.74. The van der Waals surface area contributed by atoms with Gasteiger partial charge in [0, 0.05) is 0 Å². The van der Waals surface area contributed by atoms with Gasteiger partial charge >= 0.3 is 0 Å². The summed E-state index contributed by atoms with van der Waals surface area (Å²) in [4.78, 5) is 0. The molecule has 3 heteroatoms. The molecule has 0 aliphatic heterocycles. The van der Waals surface area contributed by atoms with Gasteiger partial charge in [-0.15, -0.1) is 0 Å². The highest BCUT2D eigenvalue weighted by Crippen LogP contribution is 2.20. The normalized spacial score (nSPS) is 10.2. The first kappa shape index (κ1) is 11.0. The number of halogens is 1. The predicted octanol–water partition coefficient (Wildman–Crippen LogP) is 2.12. The van der Waals surface area contributed by atoms with Crippen LogP contribution < -0.4 is 10.5 Å². The van der Waals surface area contributed by atoms with Crippen LogP contribution in [-0.2, 0) is 6.42 Å². The van der Waals surface area contributed by atoms with E-state index in [4.69, 9.17) is 10.5 Å². The molecule has 0 spiro atoms. The molecule has 2 nitrogen and oxygen atoms in total. The maximum atomic E-state index is 12.9. The average molecular weight is 197 g/mol. The number of benzene rings is 1. The Labute approximate surface area is 83.9 Å². The highest BCUT2D eigenvalue weighted by Gasteiger charge is 2.03. The number of rotatable bonds is 5. The summed E-state index contributed by atoms with van der Waals surface area (Å²) in [5.41, 5.74) is 6.31. The van der Waals surface area contributed by atoms with Crippen molar-refractivity contribution >= 4 is 0 Å². The molecule has 0 atom stereocenters. The molecule has 0 aromatic heterocycles. The minimum Gasteiger partial charge on any atom is -0.496 e. The third kappa shape index (κ3) is 3.00. The zero-order chi connectivity index (χ0) is 10.4. The number of ether oxygens (including phenoxy) is 1. The summed E-state index contributed by atoms with van der Waals surface area (Å²) < 4.78 is 18.0. The summed E-state index contributed by atoms with van der Waals surface area (Å²) in [6.45, 7) is 0.678. The number of nitrogens with two attached hydrogens (primary N) is 1. The molecule has 0 unspecified atom stereocenters. The van der Waals surface area contributed by atoms with Crippen LogP contribution in [0.15, 0.2) is 18.2 Å². The van der Waals surface area contributed by atoms with Crippen LogP contribution in [0.25, 0.3) is 0 Å². The van der Waals surface area contributed by atoms with E-state index in [9.17, 15) is 4.39 Å². The van der Waals surface area contributed by atoms with Gasteiger partial charge in [0.1, 0.15) is 11.6 Å². The van der Waals surface area contributed by atoms with Crippen molar-refractivity contribution < 1.29 is 9.13 Å². The maximum Gasteiger partial charge on any atom is 0.123 e. The van der Waals surface area contributed by atoms with E-state index >= 15 is 0 Å². The molecule has 1 aromatic carbocycles. The molecule has 0 radical (unpaired) electrons. The summed E-state index contributed by atoms with van der Waals surface area (Å²) >= 11 is 0. The van der Waals surface area contributed by atoms with Crippen LogP contribution in [0.2, 0.25) is 0 Å². The van der Waals surface area contributed by atoms with Crippen molar-refractivity contribution in [3.63, 3.8) is 0 Å². The molecule has 1 rings (SSSR count). The second kappa shape index (κ2) is 5.60. The molecule has 0 aliphatic carbocycles. The molecule has 14 heavy (non-hydrogen) atoms. The van der Waals surface area contributed by atoms with Gasteiger partial charge in [-0.05, 0) is 49.6 Å². The van der Waals surface area contributed by atoms with Gasteiger partial charge in [-0.2, -0.15) is 0 Å². The van der Waals surface area contributed by atoms with Crippen molar-refractivity contribution in [1.29, 1.82) is 0 Å². The van der Waals surface area contributed by atoms with E-state index in [1.54, 1.807) is 13.2 Å². The SMILES string of the molecule is COc1ccc(F)cc1CCCCN. The number of hydrogen-bond acceptors (Lipinski definition) is 2. The fourth-order valence-electron chi connectivity index (χ4n) is 1.40. The molecule has 0 bridgehead atoms. The molecule has 0 fully saturated rings. The molecule has 78 valence electrons. The Morgan fingerprint density at radius 2 is 2.14 bits per heavy atom. The number of unbranched alkanes of at least 4 members (excludes halogenated alkanes) is 1. The molecule has 0 heterocycles. The lowest BCUT2D eigenvalue weighted by atomic mass is 10.1. The van der Waals surface area contributed by atoms with Crippen LogP contribution in [0.4, 0.5) is 4.39 Å². The molecule has 0 saturated heterocycles. The minimum absolute atomic E-state index is 0.214. The monoisotopic (exact) mass is 197 g/mol. The van der Waals surface area contributed by atoms with Crippen LogP contribution in [0, 0.1) is 5.82 Å². The van der Waals surface area contributed by atoms with Crippen LogP contribution in [0.1, 0.15) is 18.4 Å². The number of hydrogen-bond donors (Lipinski definition) is 1. The number of methoxy groups -OCH3 is 1. The van der Waals surface area contributed by atoms with Gasteiger partial charge in [-0.25, -0.2) is 4.39 Å². The zero-order valence-corrected chi connectivity index (χ0v) is 8.42. The van der Waals surface area contributed by atoms with E-state index in [0.717, 1.165) is 30.6 Å². The van der Waals surface area contributed by atoms with Crippen molar-refractivity contribution in [3.8, 4) is 5.75 Å². The van der Waals surface area contributed by atoms with Crippen LogP contribution >= 0.6 is 0 Å². The quantitative estimate of drug-likeness (QED) is 0.734. The molecular formula is C11H16FNO. The zero-order valence-electron chi connectivity index (χ0n) is 8.42. The van der Waals surface area contributed by atoms with E-state index in [2.05, 4.69) is 0 Å². The summed E-state index contributed by atoms with van der Waals surface area (Å²) in [6, 6.07) is 4.59. The molecule has 1 aromatic rings. The Hall–Kier alpha value is -1.09. The fourth-order valence-corrected chi connectivity index (χ4v) is 1.40. The van der Waals surface area contributed by atoms with Crippen molar-refractivity contribution in [2.45, 2.75) is 19.3 Å². The second-order valence-electron chi connectivity index (χ2n) is 3.20. The molecule has 0 aliphatic rings. The van der Waals surface area contributed by atoms with Crippen LogP contribution in [0.5, 0.6) is 5.75 Å². The van der Waals surface area contributed by atoms with Crippen LogP contribution in [-0.4, -0.2) is 13.7 Å². The van der Waals surface area contributed by atoms with Crippen molar-refractivity contribution in [3.05, 3.63) is 29.6 Å². The topological polar surface area (TPSA) is 35.2 Å². The largest absolute Gasteiger partial charge is 0.496 e. The Bertz CT molecular complexity index is 289. The van der Waals surface area contributed by atoms with Gasteiger partial charge in [0.05, 0.1) is 7.11 Å². The predicted molar refractivity (Wildman–Crippen MR) is 54.9 cm³/mol. The third-order valence-electron chi connectivity index (χ3n) is 2.14. The van der Waals surface area contributed by atoms with E-state index < -0.39 is 0 Å². The van der Waals surface area contributed by atoms with Crippen molar-refractivity contribution in [1.82, 2.24) is 0 Å². The molecular weight excluding hydrogens is 181 g/mol. The van der Waals surface area contributed by atoms with Gasteiger partial charge in [0.25, 0.3) is 0 Å². The van der Waals surface area contributed by atoms with Crippen molar-refractivity contribution in [2.75, 3.05) is 13.7 Å². The van der Waals surface area contributed by atoms with Gasteiger partial charge in [0.2, 0.25) is 0 Å². The van der Waals surface area contributed by atoms with E-state index in [-0.39, 0.29) is 5.82 Å². The molecule has 0 saturated carbocycles. The van der Waals surface area contributed by atoms with E-state index in [0.29, 0.717) is 6.54 Å². The average Bonchev–Trinajstić information content (AvgIpc) is 2.19. The first-order valence-corrected chi connectivity index (χ1v) is 4.80. The minimum atomic E-state index is -0.214. The standard InChI is InChI=1S/C11H16FNO/c1-14-11-6-5-10(12)8-9(11)4-2-3-7-13/h5-6,8H,2-4,7,13H2,1H3. The Balaban J connectivity index is 2.67. The molecule has 2 N–H and O–H groups in total. The third-order valence-corrected chi connectivity index (χ3v) is 2.14. The number of aryl methyl sites for hydroxylation is 1. The van der Waals surface area contributed by atoms with Gasteiger partial charge in [-0.1, -0.05) is 0 Å². The van der Waals surface area contributed by atoms with E-state index in [1.165, 1.54) is 12.1 Å².